The summed E-state index contributed by atoms with van der Waals surface area (Å²) in [7, 11) is 0. The molecule has 1 aliphatic heterocycles. The molecule has 4 nitrogen and oxygen atoms in total. The van der Waals surface area contributed by atoms with E-state index in [1.165, 1.54) is 0 Å². The molecule has 2 atom stereocenters. The van der Waals surface area contributed by atoms with E-state index >= 15 is 0 Å². The van der Waals surface area contributed by atoms with Crippen molar-refractivity contribution in [3.63, 3.8) is 0 Å². The molecule has 0 aromatic rings. The van der Waals surface area contributed by atoms with Gasteiger partial charge in [0, 0.05) is 6.54 Å². The molecule has 0 amide bonds. The van der Waals surface area contributed by atoms with Crippen molar-refractivity contribution >= 4 is 5.97 Å². The smallest absolute Gasteiger partial charge is 0.320 e. The van der Waals surface area contributed by atoms with Gasteiger partial charge < -0.3 is 15.2 Å². The van der Waals surface area contributed by atoms with Gasteiger partial charge in [-0.3, -0.25) is 4.79 Å². The number of carbonyl (C=O) groups is 1. The van der Waals surface area contributed by atoms with E-state index in [2.05, 4.69) is 5.32 Å². The lowest BCUT2D eigenvalue weighted by atomic mass is 10.0. The summed E-state index contributed by atoms with van der Waals surface area (Å²) in [5, 5.41) is 12.1. The second-order valence-electron chi connectivity index (χ2n) is 4.64. The van der Waals surface area contributed by atoms with Crippen LogP contribution in [0.3, 0.4) is 0 Å². The van der Waals surface area contributed by atoms with Crippen molar-refractivity contribution in [2.45, 2.75) is 45.3 Å². The highest BCUT2D eigenvalue weighted by Gasteiger charge is 2.20. The molecule has 0 bridgehead atoms. The topological polar surface area (TPSA) is 58.6 Å². The average Bonchev–Trinajstić information content (AvgIpc) is 2.25. The highest BCUT2D eigenvalue weighted by molar-refractivity contribution is 5.73. The van der Waals surface area contributed by atoms with E-state index in [1.807, 2.05) is 19.9 Å². The normalized spacial score (nSPS) is 21.8. The fraction of sp³-hybridized carbons (Fsp3) is 0.750. The summed E-state index contributed by atoms with van der Waals surface area (Å²) in [4.78, 5) is 11.0. The van der Waals surface area contributed by atoms with Gasteiger partial charge in [-0.25, -0.2) is 0 Å². The molecule has 1 aliphatic rings. The third-order valence-corrected chi connectivity index (χ3v) is 2.62. The van der Waals surface area contributed by atoms with Crippen LogP contribution in [-0.2, 0) is 9.53 Å². The Labute approximate surface area is 96.7 Å². The number of rotatable bonds is 6. The van der Waals surface area contributed by atoms with Crippen molar-refractivity contribution < 1.29 is 14.6 Å². The predicted octanol–water partition coefficient (Wildman–Crippen LogP) is 1.77. The summed E-state index contributed by atoms with van der Waals surface area (Å²) < 4.78 is 5.38. The van der Waals surface area contributed by atoms with E-state index in [-0.39, 0.29) is 6.10 Å². The van der Waals surface area contributed by atoms with E-state index < -0.39 is 12.0 Å². The first-order valence-corrected chi connectivity index (χ1v) is 5.86. The number of carboxylic acids is 1. The van der Waals surface area contributed by atoms with Crippen LogP contribution in [-0.4, -0.2) is 29.8 Å². The van der Waals surface area contributed by atoms with Gasteiger partial charge >= 0.3 is 5.97 Å². The Morgan fingerprint density at radius 2 is 2.38 bits per heavy atom. The third-order valence-electron chi connectivity index (χ3n) is 2.62. The van der Waals surface area contributed by atoms with Crippen molar-refractivity contribution in [3.05, 3.63) is 12.3 Å². The largest absolute Gasteiger partial charge is 0.497 e. The van der Waals surface area contributed by atoms with Gasteiger partial charge in [0.15, 0.2) is 0 Å². The zero-order chi connectivity index (χ0) is 12.0. The first kappa shape index (κ1) is 13.0. The Bertz CT molecular complexity index is 251. The van der Waals surface area contributed by atoms with Gasteiger partial charge in [-0.15, -0.1) is 0 Å². The van der Waals surface area contributed by atoms with Crippen LogP contribution in [0.5, 0.6) is 0 Å². The first-order chi connectivity index (χ1) is 7.59. The second-order valence-corrected chi connectivity index (χ2v) is 4.64. The van der Waals surface area contributed by atoms with Gasteiger partial charge in [0.25, 0.3) is 0 Å². The molecular weight excluding hydrogens is 206 g/mol. The molecule has 16 heavy (non-hydrogen) atoms. The highest BCUT2D eigenvalue weighted by atomic mass is 16.5. The fourth-order valence-electron chi connectivity index (χ4n) is 1.75. The number of aliphatic carboxylic acids is 1. The molecule has 2 N–H and O–H groups in total. The van der Waals surface area contributed by atoms with Crippen molar-refractivity contribution in [3.8, 4) is 0 Å². The summed E-state index contributed by atoms with van der Waals surface area (Å²) in [5.41, 5.74) is 0. The van der Waals surface area contributed by atoms with Gasteiger partial charge in [-0.2, -0.15) is 0 Å². The summed E-state index contributed by atoms with van der Waals surface area (Å²) in [6, 6.07) is -0.463. The van der Waals surface area contributed by atoms with Crippen LogP contribution in [0.2, 0.25) is 0 Å². The van der Waals surface area contributed by atoms with E-state index in [0.29, 0.717) is 18.9 Å². The highest BCUT2D eigenvalue weighted by Crippen LogP contribution is 2.10. The molecule has 0 aliphatic carbocycles. The Hall–Kier alpha value is -1.03. The second kappa shape index (κ2) is 6.53. The monoisotopic (exact) mass is 227 g/mol. The molecule has 4 heteroatoms. The van der Waals surface area contributed by atoms with Gasteiger partial charge in [0.05, 0.1) is 6.26 Å². The van der Waals surface area contributed by atoms with E-state index in [1.54, 1.807) is 6.26 Å². The number of hydrogen-bond donors (Lipinski definition) is 2. The maximum Gasteiger partial charge on any atom is 0.320 e. The van der Waals surface area contributed by atoms with Crippen molar-refractivity contribution in [1.82, 2.24) is 5.32 Å². The molecule has 1 rings (SSSR count). The Morgan fingerprint density at radius 1 is 1.62 bits per heavy atom. The number of carboxylic acid groups (broad SMARTS) is 1. The van der Waals surface area contributed by atoms with Gasteiger partial charge in [-0.05, 0) is 31.3 Å². The fourth-order valence-corrected chi connectivity index (χ4v) is 1.75. The lowest BCUT2D eigenvalue weighted by Gasteiger charge is -2.23. The quantitative estimate of drug-likeness (QED) is 0.726. The average molecular weight is 227 g/mol. The SMILES string of the molecule is CC(C)CC(NCC1CCC=CO1)C(=O)O. The molecule has 1 heterocycles. The molecule has 0 radical (unpaired) electrons. The predicted molar refractivity (Wildman–Crippen MR) is 62.1 cm³/mol. The molecular formula is C12H21NO3. The minimum atomic E-state index is -0.778. The number of hydrogen-bond acceptors (Lipinski definition) is 3. The summed E-state index contributed by atoms with van der Waals surface area (Å²) in [5.74, 6) is -0.402. The van der Waals surface area contributed by atoms with E-state index in [0.717, 1.165) is 12.8 Å². The Kier molecular flexibility index (Phi) is 5.32. The molecule has 0 saturated carbocycles. The van der Waals surface area contributed by atoms with Gasteiger partial charge in [-0.1, -0.05) is 13.8 Å². The lowest BCUT2D eigenvalue weighted by Crippen LogP contribution is -2.42. The maximum absolute atomic E-state index is 11.0. The molecule has 92 valence electrons. The Balaban J connectivity index is 2.31. The molecule has 0 saturated heterocycles. The van der Waals surface area contributed by atoms with Crippen LogP contribution in [0, 0.1) is 5.92 Å². The molecule has 2 unspecified atom stereocenters. The van der Waals surface area contributed by atoms with Crippen LogP contribution in [0.4, 0.5) is 0 Å². The minimum Gasteiger partial charge on any atom is -0.497 e. The molecule has 0 aromatic carbocycles. The summed E-state index contributed by atoms with van der Waals surface area (Å²) >= 11 is 0. The lowest BCUT2D eigenvalue weighted by molar-refractivity contribution is -0.140. The van der Waals surface area contributed by atoms with Crippen LogP contribution >= 0.6 is 0 Å². The summed E-state index contributed by atoms with van der Waals surface area (Å²) in [6.45, 7) is 4.66. The Morgan fingerprint density at radius 3 is 2.88 bits per heavy atom. The first-order valence-electron chi connectivity index (χ1n) is 5.86. The zero-order valence-corrected chi connectivity index (χ0v) is 9.98. The van der Waals surface area contributed by atoms with Crippen molar-refractivity contribution in [1.29, 1.82) is 0 Å². The molecule has 0 fully saturated rings. The standard InChI is InChI=1S/C12H21NO3/c1-9(2)7-11(12(14)15)13-8-10-5-3-4-6-16-10/h4,6,9-11,13H,3,5,7-8H2,1-2H3,(H,14,15). The number of ether oxygens (including phenoxy) is 1. The number of nitrogens with one attached hydrogen (secondary N) is 1. The summed E-state index contributed by atoms with van der Waals surface area (Å²) in [6.07, 6.45) is 6.41. The van der Waals surface area contributed by atoms with Crippen LogP contribution in [0.25, 0.3) is 0 Å². The van der Waals surface area contributed by atoms with Crippen LogP contribution in [0.15, 0.2) is 12.3 Å². The van der Waals surface area contributed by atoms with E-state index in [9.17, 15) is 4.79 Å². The molecule has 0 spiro atoms. The van der Waals surface area contributed by atoms with E-state index in [4.69, 9.17) is 9.84 Å². The van der Waals surface area contributed by atoms with Crippen molar-refractivity contribution in [2.24, 2.45) is 5.92 Å². The number of allylic oxidation sites excluding steroid dienone is 1. The van der Waals surface area contributed by atoms with Gasteiger partial charge in [0.1, 0.15) is 12.1 Å². The third kappa shape index (κ3) is 4.66. The maximum atomic E-state index is 11.0. The van der Waals surface area contributed by atoms with Gasteiger partial charge in [0.2, 0.25) is 0 Å². The zero-order valence-electron chi connectivity index (χ0n) is 9.98. The van der Waals surface area contributed by atoms with Crippen LogP contribution in [0.1, 0.15) is 33.1 Å². The van der Waals surface area contributed by atoms with Crippen molar-refractivity contribution in [2.75, 3.05) is 6.54 Å². The molecule has 0 aromatic heterocycles. The van der Waals surface area contributed by atoms with Crippen LogP contribution < -0.4 is 5.32 Å². The minimum absolute atomic E-state index is 0.110.